The molecule has 2 aromatic heterocycles. The molecule has 0 spiro atoms. The first-order valence-electron chi connectivity index (χ1n) is 8.33. The Bertz CT molecular complexity index is 908. The van der Waals surface area contributed by atoms with Crippen molar-refractivity contribution in [1.82, 2.24) is 25.4 Å². The van der Waals surface area contributed by atoms with Gasteiger partial charge in [0.1, 0.15) is 5.25 Å². The maximum Gasteiger partial charge on any atom is 0.321 e. The van der Waals surface area contributed by atoms with E-state index in [9.17, 15) is 9.59 Å². The molecule has 0 aliphatic rings. The molecular formula is C18H19N5O3S. The Morgan fingerprint density at radius 1 is 1.19 bits per heavy atom. The maximum absolute atomic E-state index is 12.7. The first-order valence-corrected chi connectivity index (χ1v) is 9.21. The number of thioether (sulfide) groups is 1. The van der Waals surface area contributed by atoms with Crippen molar-refractivity contribution in [2.45, 2.75) is 17.3 Å². The van der Waals surface area contributed by atoms with Crippen molar-refractivity contribution in [2.75, 3.05) is 6.54 Å². The second-order valence-electron chi connectivity index (χ2n) is 5.60. The summed E-state index contributed by atoms with van der Waals surface area (Å²) in [5, 5.41) is 13.1. The number of imide groups is 1. The van der Waals surface area contributed by atoms with E-state index in [1.54, 1.807) is 36.9 Å². The predicted molar refractivity (Wildman–Crippen MR) is 101 cm³/mol. The second-order valence-corrected chi connectivity index (χ2v) is 6.67. The molecule has 27 heavy (non-hydrogen) atoms. The van der Waals surface area contributed by atoms with E-state index in [4.69, 9.17) is 4.42 Å². The van der Waals surface area contributed by atoms with Crippen LogP contribution in [0.3, 0.4) is 0 Å². The van der Waals surface area contributed by atoms with Crippen LogP contribution in [-0.2, 0) is 11.8 Å². The van der Waals surface area contributed by atoms with Crippen molar-refractivity contribution in [2.24, 2.45) is 7.05 Å². The predicted octanol–water partition coefficient (Wildman–Crippen LogP) is 2.75. The summed E-state index contributed by atoms with van der Waals surface area (Å²) in [6, 6.07) is 12.2. The van der Waals surface area contributed by atoms with Gasteiger partial charge in [-0.15, -0.1) is 10.2 Å². The van der Waals surface area contributed by atoms with Gasteiger partial charge in [-0.1, -0.05) is 42.1 Å². The van der Waals surface area contributed by atoms with E-state index in [0.29, 0.717) is 23.3 Å². The van der Waals surface area contributed by atoms with Crippen LogP contribution in [-0.4, -0.2) is 33.2 Å². The van der Waals surface area contributed by atoms with Gasteiger partial charge in [0.05, 0.1) is 6.26 Å². The first-order chi connectivity index (χ1) is 13.1. The number of benzene rings is 1. The van der Waals surface area contributed by atoms with Gasteiger partial charge in [0.15, 0.2) is 16.7 Å². The first kappa shape index (κ1) is 18.7. The number of urea groups is 1. The van der Waals surface area contributed by atoms with Crippen molar-refractivity contribution in [1.29, 1.82) is 0 Å². The molecule has 0 aliphatic carbocycles. The number of carbonyl (C=O) groups excluding carboxylic acids is 2. The Balaban J connectivity index is 1.86. The van der Waals surface area contributed by atoms with Crippen molar-refractivity contribution in [3.05, 3.63) is 54.3 Å². The third-order valence-electron chi connectivity index (χ3n) is 3.71. The van der Waals surface area contributed by atoms with Crippen molar-refractivity contribution in [3.63, 3.8) is 0 Å². The Kier molecular flexibility index (Phi) is 5.92. The van der Waals surface area contributed by atoms with E-state index in [0.717, 1.165) is 5.56 Å². The standard InChI is InChI=1S/C18H19N5O3S/c1-3-19-17(25)20-16(24)14(12-8-5-4-6-9-12)27-18-22-21-15(23(18)2)13-10-7-11-26-13/h4-11,14H,3H2,1-2H3,(H2,19,20,24,25)/t14-/m1/s1. The zero-order valence-electron chi connectivity index (χ0n) is 14.9. The Hall–Kier alpha value is -3.07. The van der Waals surface area contributed by atoms with Gasteiger partial charge >= 0.3 is 6.03 Å². The highest BCUT2D eigenvalue weighted by atomic mass is 32.2. The minimum Gasteiger partial charge on any atom is -0.461 e. The molecule has 3 rings (SSSR count). The molecule has 3 amide bonds. The number of nitrogens with zero attached hydrogens (tertiary/aromatic N) is 3. The summed E-state index contributed by atoms with van der Waals surface area (Å²) in [7, 11) is 1.80. The zero-order chi connectivity index (χ0) is 19.2. The van der Waals surface area contributed by atoms with Crippen LogP contribution in [0.5, 0.6) is 0 Å². The number of amides is 3. The molecule has 1 aromatic carbocycles. The van der Waals surface area contributed by atoms with E-state index < -0.39 is 17.2 Å². The third-order valence-corrected chi connectivity index (χ3v) is 5.00. The van der Waals surface area contributed by atoms with Crippen LogP contribution >= 0.6 is 11.8 Å². The van der Waals surface area contributed by atoms with E-state index in [2.05, 4.69) is 20.8 Å². The van der Waals surface area contributed by atoms with Gasteiger partial charge in [-0.05, 0) is 24.6 Å². The van der Waals surface area contributed by atoms with Crippen LogP contribution in [0.25, 0.3) is 11.6 Å². The smallest absolute Gasteiger partial charge is 0.321 e. The third kappa shape index (κ3) is 4.37. The molecule has 0 aliphatic heterocycles. The van der Waals surface area contributed by atoms with E-state index in [-0.39, 0.29) is 0 Å². The van der Waals surface area contributed by atoms with Crippen LogP contribution in [0.1, 0.15) is 17.7 Å². The van der Waals surface area contributed by atoms with Crippen LogP contribution in [0.15, 0.2) is 58.3 Å². The average molecular weight is 385 g/mol. The average Bonchev–Trinajstić information content (AvgIpc) is 3.30. The van der Waals surface area contributed by atoms with E-state index >= 15 is 0 Å². The fourth-order valence-corrected chi connectivity index (χ4v) is 3.43. The summed E-state index contributed by atoms with van der Waals surface area (Å²) in [6.07, 6.45) is 1.56. The van der Waals surface area contributed by atoms with Crippen LogP contribution in [0.4, 0.5) is 4.79 Å². The summed E-state index contributed by atoms with van der Waals surface area (Å²) in [5.74, 6) is 0.707. The second kappa shape index (κ2) is 8.54. The number of nitrogens with one attached hydrogen (secondary N) is 2. The van der Waals surface area contributed by atoms with Gasteiger partial charge in [0.2, 0.25) is 5.91 Å². The molecule has 9 heteroatoms. The van der Waals surface area contributed by atoms with Gasteiger partial charge in [-0.2, -0.15) is 0 Å². The molecular weight excluding hydrogens is 366 g/mol. The van der Waals surface area contributed by atoms with Gasteiger partial charge in [0.25, 0.3) is 0 Å². The molecule has 1 atom stereocenters. The lowest BCUT2D eigenvalue weighted by Crippen LogP contribution is -2.41. The molecule has 0 radical (unpaired) electrons. The van der Waals surface area contributed by atoms with Gasteiger partial charge in [-0.25, -0.2) is 4.79 Å². The summed E-state index contributed by atoms with van der Waals surface area (Å²) in [6.45, 7) is 2.21. The van der Waals surface area contributed by atoms with Crippen LogP contribution < -0.4 is 10.6 Å². The lowest BCUT2D eigenvalue weighted by molar-refractivity contribution is -0.119. The number of furan rings is 1. The van der Waals surface area contributed by atoms with Gasteiger partial charge < -0.3 is 14.3 Å². The fourth-order valence-electron chi connectivity index (χ4n) is 2.43. The highest BCUT2D eigenvalue weighted by molar-refractivity contribution is 8.00. The number of hydrogen-bond donors (Lipinski definition) is 2. The minimum absolute atomic E-state index is 0.429. The number of carbonyl (C=O) groups is 2. The molecule has 2 heterocycles. The van der Waals surface area contributed by atoms with Gasteiger partial charge in [0, 0.05) is 13.6 Å². The van der Waals surface area contributed by atoms with Gasteiger partial charge in [-0.3, -0.25) is 10.1 Å². The Morgan fingerprint density at radius 2 is 1.96 bits per heavy atom. The highest BCUT2D eigenvalue weighted by Gasteiger charge is 2.26. The molecule has 0 saturated heterocycles. The lowest BCUT2D eigenvalue weighted by Gasteiger charge is -2.16. The monoisotopic (exact) mass is 385 g/mol. The molecule has 140 valence electrons. The van der Waals surface area contributed by atoms with E-state index in [1.807, 2.05) is 30.3 Å². The van der Waals surface area contributed by atoms with Crippen molar-refractivity contribution >= 4 is 23.7 Å². The quantitative estimate of drug-likeness (QED) is 0.633. The van der Waals surface area contributed by atoms with Crippen LogP contribution in [0, 0.1) is 0 Å². The molecule has 0 unspecified atom stereocenters. The molecule has 0 saturated carbocycles. The minimum atomic E-state index is -0.666. The summed E-state index contributed by atoms with van der Waals surface area (Å²) in [4.78, 5) is 24.5. The molecule has 3 aromatic rings. The fraction of sp³-hybridized carbons (Fsp3) is 0.222. The van der Waals surface area contributed by atoms with Crippen molar-refractivity contribution < 1.29 is 14.0 Å². The summed E-state index contributed by atoms with van der Waals surface area (Å²) in [5.41, 5.74) is 0.756. The summed E-state index contributed by atoms with van der Waals surface area (Å²) >= 11 is 1.21. The normalized spacial score (nSPS) is 11.8. The number of hydrogen-bond acceptors (Lipinski definition) is 6. The van der Waals surface area contributed by atoms with E-state index in [1.165, 1.54) is 11.8 Å². The maximum atomic E-state index is 12.7. The Labute approximate surface area is 160 Å². The number of rotatable bonds is 6. The highest BCUT2D eigenvalue weighted by Crippen LogP contribution is 2.35. The molecule has 2 N–H and O–H groups in total. The zero-order valence-corrected chi connectivity index (χ0v) is 15.7. The largest absolute Gasteiger partial charge is 0.461 e. The molecule has 0 fully saturated rings. The van der Waals surface area contributed by atoms with Crippen LogP contribution in [0.2, 0.25) is 0 Å². The molecule has 8 nitrogen and oxygen atoms in total. The molecule has 0 bridgehead atoms. The topological polar surface area (TPSA) is 102 Å². The Morgan fingerprint density at radius 3 is 2.63 bits per heavy atom. The number of aromatic nitrogens is 3. The lowest BCUT2D eigenvalue weighted by atomic mass is 10.1. The summed E-state index contributed by atoms with van der Waals surface area (Å²) < 4.78 is 7.11. The van der Waals surface area contributed by atoms with Crippen molar-refractivity contribution in [3.8, 4) is 11.6 Å². The SMILES string of the molecule is CCNC(=O)NC(=O)[C@H](Sc1nnc(-c2ccco2)n1C)c1ccccc1.